The summed E-state index contributed by atoms with van der Waals surface area (Å²) in [5, 5.41) is 3.38. The van der Waals surface area contributed by atoms with Gasteiger partial charge in [0.15, 0.2) is 18.1 Å². The van der Waals surface area contributed by atoms with Gasteiger partial charge in [-0.3, -0.25) is 4.79 Å². The second-order valence-corrected chi connectivity index (χ2v) is 5.12. The number of primary amides is 1. The lowest BCUT2D eigenvalue weighted by Crippen LogP contribution is -2.22. The summed E-state index contributed by atoms with van der Waals surface area (Å²) in [6, 6.07) is 15.9. The van der Waals surface area contributed by atoms with E-state index in [9.17, 15) is 4.79 Å². The minimum absolute atomic E-state index is 0. The standard InChI is InChI=1S/C18H22N2O3.ClH/c1-22-16-9-5-8-15(18(16)23-13-17(19)21)12-20-11-10-14-6-3-2-4-7-14;/h2-9,20H,10-13H2,1H3,(H2,19,21);1H. The van der Waals surface area contributed by atoms with E-state index in [-0.39, 0.29) is 19.0 Å². The molecule has 0 atom stereocenters. The fourth-order valence-corrected chi connectivity index (χ4v) is 2.27. The lowest BCUT2D eigenvalue weighted by Gasteiger charge is -2.14. The number of para-hydroxylation sites is 1. The molecule has 0 aromatic heterocycles. The molecule has 0 saturated carbocycles. The molecule has 0 bridgehead atoms. The van der Waals surface area contributed by atoms with E-state index in [1.54, 1.807) is 13.2 Å². The van der Waals surface area contributed by atoms with Crippen molar-refractivity contribution in [2.45, 2.75) is 13.0 Å². The number of halogens is 1. The molecule has 130 valence electrons. The van der Waals surface area contributed by atoms with Crippen LogP contribution in [0.3, 0.4) is 0 Å². The van der Waals surface area contributed by atoms with Crippen molar-refractivity contribution in [1.29, 1.82) is 0 Å². The van der Waals surface area contributed by atoms with Crippen molar-refractivity contribution in [2.75, 3.05) is 20.3 Å². The van der Waals surface area contributed by atoms with Gasteiger partial charge in [-0.1, -0.05) is 42.5 Å². The van der Waals surface area contributed by atoms with Gasteiger partial charge in [-0.15, -0.1) is 12.4 Å². The number of nitrogens with two attached hydrogens (primary N) is 1. The van der Waals surface area contributed by atoms with Gasteiger partial charge in [0.2, 0.25) is 0 Å². The summed E-state index contributed by atoms with van der Waals surface area (Å²) in [5.74, 6) is 0.633. The Morgan fingerprint density at radius 3 is 2.54 bits per heavy atom. The Morgan fingerprint density at radius 1 is 1.12 bits per heavy atom. The van der Waals surface area contributed by atoms with Gasteiger partial charge in [0.05, 0.1) is 7.11 Å². The summed E-state index contributed by atoms with van der Waals surface area (Å²) in [6.45, 7) is 1.30. The number of amides is 1. The van der Waals surface area contributed by atoms with Crippen LogP contribution in [-0.4, -0.2) is 26.2 Å². The van der Waals surface area contributed by atoms with Gasteiger partial charge >= 0.3 is 0 Å². The number of benzene rings is 2. The van der Waals surface area contributed by atoms with Crippen LogP contribution >= 0.6 is 12.4 Å². The van der Waals surface area contributed by atoms with Crippen LogP contribution < -0.4 is 20.5 Å². The first kappa shape index (κ1) is 19.8. The smallest absolute Gasteiger partial charge is 0.255 e. The molecule has 0 aliphatic carbocycles. The first-order valence-corrected chi connectivity index (χ1v) is 7.52. The second kappa shape index (κ2) is 10.5. The molecule has 5 nitrogen and oxygen atoms in total. The minimum atomic E-state index is -0.515. The highest BCUT2D eigenvalue weighted by Crippen LogP contribution is 2.30. The Labute approximate surface area is 148 Å². The van der Waals surface area contributed by atoms with Crippen LogP contribution in [0.15, 0.2) is 48.5 Å². The molecule has 0 fully saturated rings. The Balaban J connectivity index is 0.00000288. The van der Waals surface area contributed by atoms with E-state index in [4.69, 9.17) is 15.2 Å². The summed E-state index contributed by atoms with van der Waals surface area (Å²) in [4.78, 5) is 10.9. The van der Waals surface area contributed by atoms with Crippen LogP contribution in [-0.2, 0) is 17.8 Å². The molecule has 0 aliphatic heterocycles. The highest BCUT2D eigenvalue weighted by Gasteiger charge is 2.11. The lowest BCUT2D eigenvalue weighted by atomic mass is 10.1. The Bertz CT molecular complexity index is 635. The number of hydrogen-bond donors (Lipinski definition) is 2. The summed E-state index contributed by atoms with van der Waals surface area (Å²) in [7, 11) is 1.57. The molecular weight excluding hydrogens is 328 g/mol. The monoisotopic (exact) mass is 350 g/mol. The van der Waals surface area contributed by atoms with Crippen LogP contribution in [0, 0.1) is 0 Å². The average Bonchev–Trinajstić information content (AvgIpc) is 2.58. The molecule has 0 spiro atoms. The normalized spacial score (nSPS) is 9.88. The maximum atomic E-state index is 10.9. The van der Waals surface area contributed by atoms with Crippen molar-refractivity contribution in [3.63, 3.8) is 0 Å². The summed E-state index contributed by atoms with van der Waals surface area (Å²) >= 11 is 0. The van der Waals surface area contributed by atoms with Gasteiger partial charge in [-0.05, 0) is 24.6 Å². The molecule has 2 rings (SSSR count). The SMILES string of the molecule is COc1cccc(CNCCc2ccccc2)c1OCC(N)=O.Cl. The zero-order valence-electron chi connectivity index (χ0n) is 13.7. The van der Waals surface area contributed by atoms with Crippen molar-refractivity contribution in [1.82, 2.24) is 5.32 Å². The molecule has 0 saturated heterocycles. The third-order valence-electron chi connectivity index (χ3n) is 3.39. The van der Waals surface area contributed by atoms with E-state index in [0.717, 1.165) is 18.5 Å². The molecule has 2 aromatic rings. The molecule has 2 aromatic carbocycles. The molecular formula is C18H23ClN2O3. The van der Waals surface area contributed by atoms with Crippen molar-refractivity contribution in [3.8, 4) is 11.5 Å². The second-order valence-electron chi connectivity index (χ2n) is 5.12. The van der Waals surface area contributed by atoms with Crippen LogP contribution in [0.1, 0.15) is 11.1 Å². The Hall–Kier alpha value is -2.24. The number of carbonyl (C=O) groups is 1. The number of methoxy groups -OCH3 is 1. The molecule has 0 unspecified atom stereocenters. The van der Waals surface area contributed by atoms with Crippen LogP contribution in [0.5, 0.6) is 11.5 Å². The maximum absolute atomic E-state index is 10.9. The van der Waals surface area contributed by atoms with Crippen molar-refractivity contribution >= 4 is 18.3 Å². The predicted molar refractivity (Wildman–Crippen MR) is 96.8 cm³/mol. The summed E-state index contributed by atoms with van der Waals surface area (Å²) < 4.78 is 10.8. The molecule has 0 aliphatic rings. The largest absolute Gasteiger partial charge is 0.493 e. The Morgan fingerprint density at radius 2 is 1.88 bits per heavy atom. The fourth-order valence-electron chi connectivity index (χ4n) is 2.27. The zero-order chi connectivity index (χ0) is 16.5. The minimum Gasteiger partial charge on any atom is -0.493 e. The summed E-state index contributed by atoms with van der Waals surface area (Å²) in [6.07, 6.45) is 0.947. The number of ether oxygens (including phenoxy) is 2. The molecule has 1 amide bonds. The van der Waals surface area contributed by atoms with Crippen LogP contribution in [0.4, 0.5) is 0 Å². The highest BCUT2D eigenvalue weighted by atomic mass is 35.5. The number of nitrogens with one attached hydrogen (secondary N) is 1. The first-order valence-electron chi connectivity index (χ1n) is 7.52. The van der Waals surface area contributed by atoms with Gasteiger partial charge in [-0.25, -0.2) is 0 Å². The van der Waals surface area contributed by atoms with Crippen molar-refractivity contribution in [3.05, 3.63) is 59.7 Å². The van der Waals surface area contributed by atoms with E-state index in [1.165, 1.54) is 5.56 Å². The molecule has 0 heterocycles. The number of hydrogen-bond acceptors (Lipinski definition) is 4. The average molecular weight is 351 g/mol. The maximum Gasteiger partial charge on any atom is 0.255 e. The number of rotatable bonds is 9. The molecule has 6 heteroatoms. The topological polar surface area (TPSA) is 73.6 Å². The molecule has 24 heavy (non-hydrogen) atoms. The molecule has 3 N–H and O–H groups in total. The van der Waals surface area contributed by atoms with Gasteiger partial charge in [-0.2, -0.15) is 0 Å². The first-order chi connectivity index (χ1) is 11.2. The van der Waals surface area contributed by atoms with Crippen molar-refractivity contribution in [2.24, 2.45) is 5.73 Å². The van der Waals surface area contributed by atoms with E-state index in [1.807, 2.05) is 30.3 Å². The Kier molecular flexibility index (Phi) is 8.68. The van der Waals surface area contributed by atoms with Gasteiger partial charge in [0, 0.05) is 12.1 Å². The van der Waals surface area contributed by atoms with Gasteiger partial charge in [0.1, 0.15) is 0 Å². The van der Waals surface area contributed by atoms with Crippen LogP contribution in [0.2, 0.25) is 0 Å². The lowest BCUT2D eigenvalue weighted by molar-refractivity contribution is -0.119. The van der Waals surface area contributed by atoms with E-state index >= 15 is 0 Å². The van der Waals surface area contributed by atoms with E-state index in [2.05, 4.69) is 17.4 Å². The van der Waals surface area contributed by atoms with Gasteiger partial charge < -0.3 is 20.5 Å². The quantitative estimate of drug-likeness (QED) is 0.681. The third-order valence-corrected chi connectivity index (χ3v) is 3.39. The van der Waals surface area contributed by atoms with Crippen molar-refractivity contribution < 1.29 is 14.3 Å². The van der Waals surface area contributed by atoms with Gasteiger partial charge in [0.25, 0.3) is 5.91 Å². The molecule has 0 radical (unpaired) electrons. The predicted octanol–water partition coefficient (Wildman–Crippen LogP) is 2.31. The van der Waals surface area contributed by atoms with E-state index < -0.39 is 5.91 Å². The zero-order valence-corrected chi connectivity index (χ0v) is 14.5. The highest BCUT2D eigenvalue weighted by molar-refractivity contribution is 5.85. The third kappa shape index (κ3) is 6.10. The fraction of sp³-hybridized carbons (Fsp3) is 0.278. The van der Waals surface area contributed by atoms with E-state index in [0.29, 0.717) is 18.0 Å². The summed E-state index contributed by atoms with van der Waals surface area (Å²) in [5.41, 5.74) is 7.36. The van der Waals surface area contributed by atoms with Crippen LogP contribution in [0.25, 0.3) is 0 Å². The number of carbonyl (C=O) groups excluding carboxylic acids is 1.